The molecule has 3 heterocycles. The van der Waals surface area contributed by atoms with Crippen LogP contribution in [0.3, 0.4) is 0 Å². The van der Waals surface area contributed by atoms with Crippen LogP contribution in [0.2, 0.25) is 0 Å². The van der Waals surface area contributed by atoms with E-state index in [0.29, 0.717) is 10.9 Å². The third-order valence-electron chi connectivity index (χ3n) is 5.66. The number of methoxy groups -OCH3 is 1. The summed E-state index contributed by atoms with van der Waals surface area (Å²) in [4.78, 5) is 27.9. The number of ether oxygens (including phenoxy) is 1. The summed E-state index contributed by atoms with van der Waals surface area (Å²) in [7, 11) is 1.38. The van der Waals surface area contributed by atoms with Crippen LogP contribution in [0.15, 0.2) is 34.2 Å². The Balaban J connectivity index is 1.85. The Bertz CT molecular complexity index is 1390. The molecule has 1 atom stereocenters. The lowest BCUT2D eigenvalue weighted by Crippen LogP contribution is -2.22. The molecular formula is C22H22N4O3S2. The number of aryl methyl sites for hydroxylation is 3. The van der Waals surface area contributed by atoms with E-state index in [1.165, 1.54) is 23.7 Å². The Hall–Kier alpha value is -2.65. The summed E-state index contributed by atoms with van der Waals surface area (Å²) in [5.41, 5.74) is 2.92. The molecule has 1 aliphatic carbocycles. The van der Waals surface area contributed by atoms with Gasteiger partial charge in [-0.3, -0.25) is 9.59 Å². The van der Waals surface area contributed by atoms with Crippen molar-refractivity contribution in [1.29, 1.82) is 0 Å². The van der Waals surface area contributed by atoms with Crippen LogP contribution in [-0.2, 0) is 22.4 Å². The van der Waals surface area contributed by atoms with Gasteiger partial charge in [-0.15, -0.1) is 21.5 Å². The van der Waals surface area contributed by atoms with E-state index in [0.717, 1.165) is 52.7 Å². The standard InChI is InChI=1S/C22H22N4O3S2/c1-12-7-6-8-14(11-12)25-18(27)17-15-9-4-5-10-16(15)31-19(17)26-21(25)23-24-22(26)30-13(2)20(28)29-3/h6-8,11,13H,4-5,9-10H2,1-3H3/t13-/m1/s1. The molecule has 5 rings (SSSR count). The van der Waals surface area contributed by atoms with Gasteiger partial charge < -0.3 is 4.74 Å². The monoisotopic (exact) mass is 454 g/mol. The molecule has 3 aromatic heterocycles. The van der Waals surface area contributed by atoms with E-state index >= 15 is 0 Å². The average Bonchev–Trinajstić information content (AvgIpc) is 3.35. The fourth-order valence-electron chi connectivity index (χ4n) is 4.17. The summed E-state index contributed by atoms with van der Waals surface area (Å²) in [5.74, 6) is 0.136. The number of rotatable bonds is 4. The number of thiophene rings is 1. The van der Waals surface area contributed by atoms with Crippen molar-refractivity contribution in [3.05, 3.63) is 50.6 Å². The van der Waals surface area contributed by atoms with Crippen LogP contribution < -0.4 is 5.56 Å². The number of esters is 1. The molecule has 0 N–H and O–H groups in total. The highest BCUT2D eigenvalue weighted by atomic mass is 32.2. The summed E-state index contributed by atoms with van der Waals surface area (Å²) in [5, 5.41) is 9.65. The highest BCUT2D eigenvalue weighted by molar-refractivity contribution is 8.00. The highest BCUT2D eigenvalue weighted by Crippen LogP contribution is 2.37. The van der Waals surface area contributed by atoms with Gasteiger partial charge in [-0.2, -0.15) is 0 Å². The molecule has 0 radical (unpaired) electrons. The smallest absolute Gasteiger partial charge is 0.318 e. The van der Waals surface area contributed by atoms with Gasteiger partial charge in [-0.05, 0) is 62.8 Å². The van der Waals surface area contributed by atoms with Crippen LogP contribution in [0.4, 0.5) is 0 Å². The zero-order valence-electron chi connectivity index (χ0n) is 17.5. The van der Waals surface area contributed by atoms with Crippen molar-refractivity contribution in [3.8, 4) is 5.69 Å². The van der Waals surface area contributed by atoms with Gasteiger partial charge in [-0.25, -0.2) is 8.97 Å². The van der Waals surface area contributed by atoms with E-state index < -0.39 is 5.25 Å². The largest absolute Gasteiger partial charge is 0.468 e. The van der Waals surface area contributed by atoms with Gasteiger partial charge in [0, 0.05) is 4.88 Å². The Morgan fingerprint density at radius 1 is 1.26 bits per heavy atom. The van der Waals surface area contributed by atoms with E-state index in [9.17, 15) is 9.59 Å². The summed E-state index contributed by atoms with van der Waals surface area (Å²) in [6, 6.07) is 7.83. The average molecular weight is 455 g/mol. The third-order valence-corrected chi connectivity index (χ3v) is 7.96. The second-order valence-corrected chi connectivity index (χ2v) is 10.2. The molecule has 1 aromatic carbocycles. The van der Waals surface area contributed by atoms with Crippen molar-refractivity contribution in [1.82, 2.24) is 19.2 Å². The number of nitrogens with zero attached hydrogens (tertiary/aromatic N) is 4. The van der Waals surface area contributed by atoms with E-state index in [4.69, 9.17) is 4.74 Å². The first-order chi connectivity index (χ1) is 15.0. The van der Waals surface area contributed by atoms with Crippen LogP contribution in [0.1, 0.15) is 35.8 Å². The van der Waals surface area contributed by atoms with Crippen molar-refractivity contribution >= 4 is 45.1 Å². The predicted octanol–water partition coefficient (Wildman–Crippen LogP) is 3.94. The van der Waals surface area contributed by atoms with E-state index in [1.54, 1.807) is 22.8 Å². The molecule has 0 fully saturated rings. The number of carbonyl (C=O) groups is 1. The molecular weight excluding hydrogens is 432 g/mol. The van der Waals surface area contributed by atoms with E-state index in [-0.39, 0.29) is 11.5 Å². The molecule has 0 saturated carbocycles. The predicted molar refractivity (Wildman–Crippen MR) is 123 cm³/mol. The van der Waals surface area contributed by atoms with Crippen molar-refractivity contribution in [2.45, 2.75) is 49.9 Å². The first-order valence-corrected chi connectivity index (χ1v) is 11.9. The molecule has 9 heteroatoms. The van der Waals surface area contributed by atoms with E-state index in [1.807, 2.05) is 35.6 Å². The number of thioether (sulfide) groups is 1. The molecule has 160 valence electrons. The quantitative estimate of drug-likeness (QED) is 0.343. The fraction of sp³-hybridized carbons (Fsp3) is 0.364. The number of hydrogen-bond donors (Lipinski definition) is 0. The van der Waals surface area contributed by atoms with Crippen LogP contribution in [0, 0.1) is 6.92 Å². The van der Waals surface area contributed by atoms with Crippen molar-refractivity contribution in [3.63, 3.8) is 0 Å². The Labute approximate surface area is 187 Å². The van der Waals surface area contributed by atoms with E-state index in [2.05, 4.69) is 10.2 Å². The number of benzene rings is 1. The second-order valence-electron chi connectivity index (χ2n) is 7.77. The molecule has 0 amide bonds. The fourth-order valence-corrected chi connectivity index (χ4v) is 6.48. The Morgan fingerprint density at radius 2 is 2.06 bits per heavy atom. The summed E-state index contributed by atoms with van der Waals surface area (Å²) < 4.78 is 8.47. The van der Waals surface area contributed by atoms with Gasteiger partial charge in [0.1, 0.15) is 10.1 Å². The van der Waals surface area contributed by atoms with Gasteiger partial charge in [0.15, 0.2) is 5.16 Å². The zero-order valence-corrected chi connectivity index (χ0v) is 19.2. The van der Waals surface area contributed by atoms with Gasteiger partial charge in [0.25, 0.3) is 5.56 Å². The summed E-state index contributed by atoms with van der Waals surface area (Å²) >= 11 is 2.94. The maximum absolute atomic E-state index is 13.8. The SMILES string of the molecule is COC(=O)[C@@H](C)Sc1nnc2n(-c3cccc(C)c3)c(=O)c3c4c(sc3n12)CCCC4. The zero-order chi connectivity index (χ0) is 21.7. The van der Waals surface area contributed by atoms with Crippen LogP contribution >= 0.6 is 23.1 Å². The van der Waals surface area contributed by atoms with Crippen LogP contribution in [0.25, 0.3) is 21.7 Å². The third kappa shape index (κ3) is 3.27. The molecule has 0 spiro atoms. The molecule has 31 heavy (non-hydrogen) atoms. The lowest BCUT2D eigenvalue weighted by molar-refractivity contribution is -0.139. The lowest BCUT2D eigenvalue weighted by atomic mass is 9.97. The molecule has 1 aliphatic rings. The summed E-state index contributed by atoms with van der Waals surface area (Å²) in [6.45, 7) is 3.78. The highest BCUT2D eigenvalue weighted by Gasteiger charge is 2.27. The van der Waals surface area contributed by atoms with Gasteiger partial charge in [-0.1, -0.05) is 23.9 Å². The Morgan fingerprint density at radius 3 is 2.84 bits per heavy atom. The number of hydrogen-bond acceptors (Lipinski definition) is 7. The van der Waals surface area contributed by atoms with Gasteiger partial charge in [0.05, 0.1) is 18.2 Å². The second kappa shape index (κ2) is 7.80. The maximum atomic E-state index is 13.8. The van der Waals surface area contributed by atoms with Gasteiger partial charge in [0.2, 0.25) is 5.78 Å². The summed E-state index contributed by atoms with van der Waals surface area (Å²) in [6.07, 6.45) is 4.12. The normalized spacial score (nSPS) is 14.7. The lowest BCUT2D eigenvalue weighted by Gasteiger charge is -2.13. The molecule has 7 nitrogen and oxygen atoms in total. The minimum absolute atomic E-state index is 0.0579. The minimum Gasteiger partial charge on any atom is -0.468 e. The van der Waals surface area contributed by atoms with Crippen LogP contribution in [-0.4, -0.2) is 37.5 Å². The number of fused-ring (bicyclic) bond motifs is 5. The van der Waals surface area contributed by atoms with Crippen molar-refractivity contribution in [2.75, 3.05) is 7.11 Å². The molecule has 0 aliphatic heterocycles. The molecule has 0 saturated heterocycles. The minimum atomic E-state index is -0.443. The van der Waals surface area contributed by atoms with Crippen molar-refractivity contribution in [2.24, 2.45) is 0 Å². The molecule has 0 bridgehead atoms. The first kappa shape index (κ1) is 20.3. The first-order valence-electron chi connectivity index (χ1n) is 10.3. The molecule has 4 aromatic rings. The maximum Gasteiger partial charge on any atom is 0.318 e. The number of carbonyl (C=O) groups excluding carboxylic acids is 1. The van der Waals surface area contributed by atoms with Gasteiger partial charge >= 0.3 is 5.97 Å². The molecule has 0 unspecified atom stereocenters. The Kier molecular flexibility index (Phi) is 5.10. The van der Waals surface area contributed by atoms with Crippen LogP contribution in [0.5, 0.6) is 0 Å². The number of aromatic nitrogens is 4. The topological polar surface area (TPSA) is 78.5 Å². The van der Waals surface area contributed by atoms with Crippen molar-refractivity contribution < 1.29 is 9.53 Å².